The molecule has 1 aromatic heterocycles. The minimum atomic E-state index is -4.94. The molecule has 0 saturated heterocycles. The molecule has 0 N–H and O–H groups in total. The van der Waals surface area contributed by atoms with Crippen LogP contribution in [0.2, 0.25) is 0 Å². The van der Waals surface area contributed by atoms with Crippen LogP contribution in [0.3, 0.4) is 0 Å². The van der Waals surface area contributed by atoms with Crippen LogP contribution in [-0.4, -0.2) is 14.1 Å². The highest BCUT2D eigenvalue weighted by Gasteiger charge is 2.08. The summed E-state index contributed by atoms with van der Waals surface area (Å²) in [6.45, 7) is 0. The first kappa shape index (κ1) is 18.1. The molecule has 3 rings (SSSR count). The number of hydrogen-bond donors (Lipinski definition) is 0. The lowest BCUT2D eigenvalue weighted by atomic mass is 10.1. The van der Waals surface area contributed by atoms with E-state index >= 15 is 0 Å². The molecule has 0 radical (unpaired) electrons. The van der Waals surface area contributed by atoms with Gasteiger partial charge in [-0.25, -0.2) is 23.2 Å². The number of para-hydroxylation sites is 1. The number of fused-ring (bicyclic) bond motifs is 1. The van der Waals surface area contributed by atoms with E-state index in [2.05, 4.69) is 42.9 Å². The molecule has 0 spiro atoms. The quantitative estimate of drug-likeness (QED) is 0.490. The standard InChI is InChI=1S/C17H16NO.ClHO4/c1-18(2)15-12-17(13-8-4-3-5-9-13)19-16-11-7-6-10-14(15)16;2-1(3,4)5/h3-12H,1-2H3;(H,2,3,4,5)/q+1;/p-1. The fourth-order valence-electron chi connectivity index (χ4n) is 2.23. The average Bonchev–Trinajstić information content (AvgIpc) is 2.53. The summed E-state index contributed by atoms with van der Waals surface area (Å²) in [4.78, 5) is 0. The molecular weight excluding hydrogens is 334 g/mol. The van der Waals surface area contributed by atoms with Crippen molar-refractivity contribution < 1.29 is 33.3 Å². The molecule has 0 unspecified atom stereocenters. The molecule has 0 aliphatic rings. The second-order valence-corrected chi connectivity index (χ2v) is 5.89. The van der Waals surface area contributed by atoms with Gasteiger partial charge in [-0.05, 0) is 12.1 Å². The summed E-state index contributed by atoms with van der Waals surface area (Å²) >= 11 is 0. The summed E-state index contributed by atoms with van der Waals surface area (Å²) < 4.78 is 42.1. The Hall–Kier alpha value is -2.22. The Labute approximate surface area is 140 Å². The zero-order valence-corrected chi connectivity index (χ0v) is 13.9. The fourth-order valence-corrected chi connectivity index (χ4v) is 2.23. The largest absolute Gasteiger partial charge is 0.456 e. The van der Waals surface area contributed by atoms with Gasteiger partial charge in [0.15, 0.2) is 0 Å². The Morgan fingerprint density at radius 1 is 0.833 bits per heavy atom. The van der Waals surface area contributed by atoms with Gasteiger partial charge >= 0.3 is 0 Å². The molecule has 0 saturated carbocycles. The van der Waals surface area contributed by atoms with Crippen LogP contribution in [0.1, 0.15) is 0 Å². The molecule has 24 heavy (non-hydrogen) atoms. The molecule has 6 nitrogen and oxygen atoms in total. The van der Waals surface area contributed by atoms with Gasteiger partial charge in [-0.15, -0.1) is 10.2 Å². The predicted octanol–water partition coefficient (Wildman–Crippen LogP) is -1.62. The van der Waals surface area contributed by atoms with E-state index in [0.29, 0.717) is 0 Å². The predicted molar refractivity (Wildman–Crippen MR) is 78.8 cm³/mol. The Balaban J connectivity index is 0.000000368. The average molecular weight is 350 g/mol. The summed E-state index contributed by atoms with van der Waals surface area (Å²) in [6.07, 6.45) is 0. The Morgan fingerprint density at radius 2 is 1.38 bits per heavy atom. The second-order valence-electron chi connectivity index (χ2n) is 5.13. The van der Waals surface area contributed by atoms with E-state index < -0.39 is 10.2 Å². The summed E-state index contributed by atoms with van der Waals surface area (Å²) in [5.74, 6) is 0.892. The molecule has 0 aliphatic heterocycles. The van der Waals surface area contributed by atoms with E-state index in [1.807, 2.05) is 36.4 Å². The van der Waals surface area contributed by atoms with Gasteiger partial charge in [0.05, 0.1) is 11.5 Å². The van der Waals surface area contributed by atoms with Crippen LogP contribution in [-0.2, 0) is 0 Å². The molecule has 7 heteroatoms. The summed E-state index contributed by atoms with van der Waals surface area (Å²) in [5, 5.41) is 2.30. The molecule has 0 aliphatic carbocycles. The van der Waals surface area contributed by atoms with E-state index in [0.717, 1.165) is 22.3 Å². The van der Waals surface area contributed by atoms with Gasteiger partial charge in [0.1, 0.15) is 25.4 Å². The van der Waals surface area contributed by atoms with Crippen LogP contribution in [0.25, 0.3) is 22.3 Å². The summed E-state index contributed by atoms with van der Waals surface area (Å²) in [7, 11) is -0.840. The molecule has 1 heterocycles. The van der Waals surface area contributed by atoms with Crippen LogP contribution in [0.4, 0.5) is 0 Å². The molecule has 0 atom stereocenters. The Kier molecular flexibility index (Phi) is 5.71. The van der Waals surface area contributed by atoms with Crippen molar-refractivity contribution in [2.75, 3.05) is 14.1 Å². The lowest BCUT2D eigenvalue weighted by Gasteiger charge is -2.17. The van der Waals surface area contributed by atoms with E-state index in [4.69, 9.17) is 23.1 Å². The van der Waals surface area contributed by atoms with Gasteiger partial charge < -0.3 is 4.42 Å². The lowest BCUT2D eigenvalue weighted by molar-refractivity contribution is -2.00. The Morgan fingerprint density at radius 3 is 1.96 bits per heavy atom. The van der Waals surface area contributed by atoms with Gasteiger partial charge in [0.25, 0.3) is 0 Å². The fraction of sp³-hybridized carbons (Fsp3) is 0.118. The van der Waals surface area contributed by atoms with Crippen molar-refractivity contribution in [1.82, 2.24) is 4.58 Å². The SMILES string of the molecule is C[N+](C)=c1cc(-c2ccccc2)oc2ccccc12.[O-][Cl+3]([O-])([O-])[O-]. The van der Waals surface area contributed by atoms with Crippen LogP contribution < -0.4 is 28.6 Å². The topological polar surface area (TPSA) is 108 Å². The van der Waals surface area contributed by atoms with Crippen molar-refractivity contribution in [2.45, 2.75) is 0 Å². The number of benzene rings is 2. The minimum Gasteiger partial charge on any atom is -0.456 e. The minimum absolute atomic E-state index is 0.892. The van der Waals surface area contributed by atoms with E-state index in [1.165, 1.54) is 5.36 Å². The first-order chi connectivity index (χ1) is 11.3. The lowest BCUT2D eigenvalue weighted by Crippen LogP contribution is -2.68. The van der Waals surface area contributed by atoms with E-state index in [-0.39, 0.29) is 0 Å². The number of hydrogen-bond acceptors (Lipinski definition) is 5. The van der Waals surface area contributed by atoms with Crippen LogP contribution in [0.15, 0.2) is 65.1 Å². The smallest absolute Gasteiger partial charge is 0.214 e. The number of halogens is 1. The van der Waals surface area contributed by atoms with Gasteiger partial charge in [-0.1, -0.05) is 42.5 Å². The monoisotopic (exact) mass is 349 g/mol. The molecule has 0 fully saturated rings. The Bertz CT molecular complexity index is 875. The van der Waals surface area contributed by atoms with E-state index in [9.17, 15) is 0 Å². The molecule has 0 bridgehead atoms. The zero-order valence-electron chi connectivity index (χ0n) is 13.1. The van der Waals surface area contributed by atoms with Gasteiger partial charge in [0, 0.05) is 5.56 Å². The third-order valence-electron chi connectivity index (χ3n) is 3.19. The maximum Gasteiger partial charge on any atom is 0.214 e. The normalized spacial score (nSPS) is 10.9. The first-order valence-electron chi connectivity index (χ1n) is 6.96. The van der Waals surface area contributed by atoms with Crippen molar-refractivity contribution >= 4 is 11.0 Å². The third kappa shape index (κ3) is 5.16. The molecular formula is C17H16ClNO5. The maximum atomic E-state index is 8.49. The highest BCUT2D eigenvalue weighted by molar-refractivity contribution is 5.78. The second kappa shape index (κ2) is 7.57. The van der Waals surface area contributed by atoms with Crippen molar-refractivity contribution in [3.8, 4) is 11.3 Å². The van der Waals surface area contributed by atoms with Gasteiger partial charge in [-0.3, -0.25) is 0 Å². The van der Waals surface area contributed by atoms with Crippen LogP contribution in [0.5, 0.6) is 0 Å². The van der Waals surface area contributed by atoms with Crippen LogP contribution >= 0.6 is 0 Å². The van der Waals surface area contributed by atoms with E-state index in [1.54, 1.807) is 0 Å². The molecule has 2 aromatic carbocycles. The summed E-state index contributed by atoms with van der Waals surface area (Å²) in [6, 6.07) is 20.4. The maximum absolute atomic E-state index is 8.49. The van der Waals surface area contributed by atoms with Gasteiger partial charge in [0.2, 0.25) is 5.36 Å². The van der Waals surface area contributed by atoms with Crippen molar-refractivity contribution in [2.24, 2.45) is 0 Å². The third-order valence-corrected chi connectivity index (χ3v) is 3.19. The summed E-state index contributed by atoms with van der Waals surface area (Å²) in [5.41, 5.74) is 2.00. The number of nitrogens with zero attached hydrogens (tertiary/aromatic N) is 1. The first-order valence-corrected chi connectivity index (χ1v) is 8.19. The highest BCUT2D eigenvalue weighted by atomic mass is 35.7. The van der Waals surface area contributed by atoms with Crippen molar-refractivity contribution in [3.63, 3.8) is 0 Å². The van der Waals surface area contributed by atoms with Crippen LogP contribution in [0, 0.1) is 10.2 Å². The zero-order chi connectivity index (χ0) is 17.7. The van der Waals surface area contributed by atoms with Gasteiger partial charge in [-0.2, -0.15) is 0 Å². The molecule has 126 valence electrons. The van der Waals surface area contributed by atoms with Crippen molar-refractivity contribution in [1.29, 1.82) is 0 Å². The molecule has 0 amide bonds. The molecule has 3 aromatic rings. The number of rotatable bonds is 1. The highest BCUT2D eigenvalue weighted by Crippen LogP contribution is 2.21. The van der Waals surface area contributed by atoms with Crippen molar-refractivity contribution in [3.05, 3.63) is 66.0 Å².